The number of nitrogens with one attached hydrogen (secondary N) is 1. The average molecular weight is 282 g/mol. The molecule has 0 fully saturated rings. The molecule has 0 bridgehead atoms. The number of hydrogen-bond donors (Lipinski definition) is 1. The van der Waals surface area contributed by atoms with E-state index in [2.05, 4.69) is 10.3 Å². The first-order valence-corrected chi connectivity index (χ1v) is 6.77. The Bertz CT molecular complexity index is 592. The summed E-state index contributed by atoms with van der Waals surface area (Å²) in [6.45, 7) is 0.600. The first-order valence-electron chi connectivity index (χ1n) is 6.77. The van der Waals surface area contributed by atoms with Crippen molar-refractivity contribution in [3.63, 3.8) is 0 Å². The number of pyridine rings is 1. The van der Waals surface area contributed by atoms with E-state index in [4.69, 9.17) is 4.74 Å². The van der Waals surface area contributed by atoms with Crippen LogP contribution in [-0.4, -0.2) is 24.5 Å². The molecule has 0 aliphatic heterocycles. The van der Waals surface area contributed by atoms with E-state index < -0.39 is 0 Å². The van der Waals surface area contributed by atoms with Gasteiger partial charge in [0, 0.05) is 25.0 Å². The molecular formula is C17H18N2O2. The van der Waals surface area contributed by atoms with E-state index in [9.17, 15) is 4.79 Å². The Kier molecular flexibility index (Phi) is 5.52. The van der Waals surface area contributed by atoms with Crippen molar-refractivity contribution in [2.45, 2.75) is 6.42 Å². The zero-order valence-corrected chi connectivity index (χ0v) is 12.0. The quantitative estimate of drug-likeness (QED) is 0.828. The minimum atomic E-state index is -0.104. The van der Waals surface area contributed by atoms with Crippen molar-refractivity contribution in [2.24, 2.45) is 0 Å². The van der Waals surface area contributed by atoms with Crippen LogP contribution in [0.5, 0.6) is 5.75 Å². The van der Waals surface area contributed by atoms with E-state index in [1.807, 2.05) is 36.4 Å². The highest BCUT2D eigenvalue weighted by molar-refractivity contribution is 5.91. The number of amides is 1. The molecule has 0 spiro atoms. The largest absolute Gasteiger partial charge is 0.497 e. The molecule has 1 amide bonds. The molecule has 0 unspecified atom stereocenters. The van der Waals surface area contributed by atoms with Crippen molar-refractivity contribution in [1.29, 1.82) is 0 Å². The van der Waals surface area contributed by atoms with Crippen molar-refractivity contribution in [1.82, 2.24) is 10.3 Å². The molecule has 0 atom stereocenters. The van der Waals surface area contributed by atoms with E-state index in [1.165, 1.54) is 6.08 Å². The molecule has 4 nitrogen and oxygen atoms in total. The van der Waals surface area contributed by atoms with Gasteiger partial charge in [-0.05, 0) is 41.8 Å². The van der Waals surface area contributed by atoms with Gasteiger partial charge >= 0.3 is 0 Å². The minimum absolute atomic E-state index is 0.104. The molecule has 2 aromatic rings. The van der Waals surface area contributed by atoms with E-state index in [1.54, 1.807) is 25.6 Å². The topological polar surface area (TPSA) is 51.2 Å². The summed E-state index contributed by atoms with van der Waals surface area (Å²) in [5.74, 6) is 0.731. The highest BCUT2D eigenvalue weighted by Crippen LogP contribution is 2.11. The zero-order chi connectivity index (χ0) is 14.9. The fourth-order valence-corrected chi connectivity index (χ4v) is 1.83. The van der Waals surface area contributed by atoms with Crippen molar-refractivity contribution >= 4 is 12.0 Å². The van der Waals surface area contributed by atoms with E-state index in [0.29, 0.717) is 6.54 Å². The maximum absolute atomic E-state index is 11.7. The molecule has 0 saturated carbocycles. The summed E-state index contributed by atoms with van der Waals surface area (Å²) in [5, 5.41) is 2.85. The van der Waals surface area contributed by atoms with Crippen LogP contribution < -0.4 is 10.1 Å². The van der Waals surface area contributed by atoms with Gasteiger partial charge in [0.15, 0.2) is 0 Å². The summed E-state index contributed by atoms with van der Waals surface area (Å²) in [4.78, 5) is 15.7. The standard InChI is InChI=1S/C17H18N2O2/c1-21-16-7-4-14(5-8-16)10-12-19-17(20)9-6-15-3-2-11-18-13-15/h2-9,11,13H,10,12H2,1H3,(H,19,20)/b9-6-. The molecule has 2 rings (SSSR count). The van der Waals surface area contributed by atoms with Crippen LogP contribution in [0.25, 0.3) is 6.08 Å². The second-order valence-corrected chi connectivity index (χ2v) is 4.51. The summed E-state index contributed by atoms with van der Waals surface area (Å²) >= 11 is 0. The Balaban J connectivity index is 1.75. The molecule has 21 heavy (non-hydrogen) atoms. The van der Waals surface area contributed by atoms with Gasteiger partial charge in [-0.1, -0.05) is 18.2 Å². The van der Waals surface area contributed by atoms with Crippen molar-refractivity contribution < 1.29 is 9.53 Å². The summed E-state index contributed by atoms with van der Waals surface area (Å²) in [6, 6.07) is 11.6. The smallest absolute Gasteiger partial charge is 0.244 e. The van der Waals surface area contributed by atoms with Crippen LogP contribution in [0.15, 0.2) is 54.9 Å². The summed E-state index contributed by atoms with van der Waals surface area (Å²) in [6.07, 6.45) is 7.46. The van der Waals surface area contributed by atoms with Crippen LogP contribution in [0.2, 0.25) is 0 Å². The minimum Gasteiger partial charge on any atom is -0.497 e. The van der Waals surface area contributed by atoms with Gasteiger partial charge in [-0.2, -0.15) is 0 Å². The highest BCUT2D eigenvalue weighted by atomic mass is 16.5. The Morgan fingerprint density at radius 2 is 2.10 bits per heavy atom. The number of aromatic nitrogens is 1. The molecular weight excluding hydrogens is 264 g/mol. The second kappa shape index (κ2) is 7.85. The first-order chi connectivity index (χ1) is 10.3. The first kappa shape index (κ1) is 14.8. The fourth-order valence-electron chi connectivity index (χ4n) is 1.83. The van der Waals surface area contributed by atoms with Gasteiger partial charge in [0.2, 0.25) is 5.91 Å². The monoisotopic (exact) mass is 282 g/mol. The summed E-state index contributed by atoms with van der Waals surface area (Å²) < 4.78 is 5.10. The normalized spacial score (nSPS) is 10.5. The van der Waals surface area contributed by atoms with Crippen LogP contribution in [0.1, 0.15) is 11.1 Å². The lowest BCUT2D eigenvalue weighted by Gasteiger charge is -2.04. The van der Waals surface area contributed by atoms with Crippen molar-refractivity contribution in [3.8, 4) is 5.75 Å². The number of rotatable bonds is 6. The fraction of sp³-hybridized carbons (Fsp3) is 0.176. The van der Waals surface area contributed by atoms with Gasteiger partial charge in [0.05, 0.1) is 7.11 Å². The van der Waals surface area contributed by atoms with Crippen molar-refractivity contribution in [2.75, 3.05) is 13.7 Å². The van der Waals surface area contributed by atoms with Crippen LogP contribution in [0.3, 0.4) is 0 Å². The third-order valence-corrected chi connectivity index (χ3v) is 2.98. The lowest BCUT2D eigenvalue weighted by atomic mass is 10.1. The van der Waals surface area contributed by atoms with Crippen LogP contribution >= 0.6 is 0 Å². The maximum Gasteiger partial charge on any atom is 0.244 e. The summed E-state index contributed by atoms with van der Waals surface area (Å²) in [7, 11) is 1.64. The predicted molar refractivity (Wildman–Crippen MR) is 83.0 cm³/mol. The third kappa shape index (κ3) is 5.10. The SMILES string of the molecule is COc1ccc(CCNC(=O)/C=C\c2cccnc2)cc1. The average Bonchev–Trinajstić information content (AvgIpc) is 2.54. The molecule has 1 N–H and O–H groups in total. The number of benzene rings is 1. The third-order valence-electron chi connectivity index (χ3n) is 2.98. The number of ether oxygens (including phenoxy) is 1. The Morgan fingerprint density at radius 3 is 2.76 bits per heavy atom. The number of carbonyl (C=O) groups excluding carboxylic acids is 1. The number of carbonyl (C=O) groups is 1. The zero-order valence-electron chi connectivity index (χ0n) is 12.0. The molecule has 0 saturated heterocycles. The molecule has 0 aliphatic rings. The lowest BCUT2D eigenvalue weighted by molar-refractivity contribution is -0.116. The molecule has 0 aliphatic carbocycles. The predicted octanol–water partition coefficient (Wildman–Crippen LogP) is 2.46. The van der Waals surface area contributed by atoms with Crippen molar-refractivity contribution in [3.05, 3.63) is 66.0 Å². The molecule has 108 valence electrons. The van der Waals surface area contributed by atoms with Gasteiger partial charge in [-0.15, -0.1) is 0 Å². The van der Waals surface area contributed by atoms with E-state index in [0.717, 1.165) is 23.3 Å². The van der Waals surface area contributed by atoms with E-state index in [-0.39, 0.29) is 5.91 Å². The number of nitrogens with zero attached hydrogens (tertiary/aromatic N) is 1. The molecule has 0 radical (unpaired) electrons. The van der Waals surface area contributed by atoms with Gasteiger partial charge in [-0.25, -0.2) is 0 Å². The summed E-state index contributed by atoms with van der Waals surface area (Å²) in [5.41, 5.74) is 2.06. The van der Waals surface area contributed by atoms with Crippen LogP contribution in [0, 0.1) is 0 Å². The number of hydrogen-bond acceptors (Lipinski definition) is 3. The van der Waals surface area contributed by atoms with Crippen LogP contribution in [0.4, 0.5) is 0 Å². The maximum atomic E-state index is 11.7. The highest BCUT2D eigenvalue weighted by Gasteiger charge is 1.97. The van der Waals surface area contributed by atoms with Gasteiger partial charge in [0.25, 0.3) is 0 Å². The molecule has 4 heteroatoms. The molecule has 1 aromatic carbocycles. The Morgan fingerprint density at radius 1 is 1.29 bits per heavy atom. The lowest BCUT2D eigenvalue weighted by Crippen LogP contribution is -2.23. The number of methoxy groups -OCH3 is 1. The molecule has 1 heterocycles. The van der Waals surface area contributed by atoms with Gasteiger partial charge in [0.1, 0.15) is 5.75 Å². The Labute approximate surface area is 124 Å². The second-order valence-electron chi connectivity index (χ2n) is 4.51. The van der Waals surface area contributed by atoms with Crippen LogP contribution in [-0.2, 0) is 11.2 Å². The van der Waals surface area contributed by atoms with Gasteiger partial charge < -0.3 is 10.1 Å². The Hall–Kier alpha value is -2.62. The van der Waals surface area contributed by atoms with Gasteiger partial charge in [-0.3, -0.25) is 9.78 Å². The van der Waals surface area contributed by atoms with E-state index >= 15 is 0 Å². The molecule has 1 aromatic heterocycles.